The summed E-state index contributed by atoms with van der Waals surface area (Å²) in [6.07, 6.45) is 1.42. The lowest BCUT2D eigenvalue weighted by Gasteiger charge is -2.18. The fourth-order valence-electron chi connectivity index (χ4n) is 3.36. The zero-order chi connectivity index (χ0) is 21.1. The van der Waals surface area contributed by atoms with Crippen LogP contribution in [0.5, 0.6) is 5.75 Å². The van der Waals surface area contributed by atoms with Gasteiger partial charge in [0.05, 0.1) is 12.8 Å². The van der Waals surface area contributed by atoms with Crippen molar-refractivity contribution in [2.24, 2.45) is 0 Å². The number of nitrogens with one attached hydrogen (secondary N) is 1. The van der Waals surface area contributed by atoms with E-state index in [1.54, 1.807) is 13.2 Å². The van der Waals surface area contributed by atoms with E-state index in [2.05, 4.69) is 25.9 Å². The predicted octanol–water partition coefficient (Wildman–Crippen LogP) is 2.71. The van der Waals surface area contributed by atoms with Crippen molar-refractivity contribution in [3.05, 3.63) is 77.9 Å². The monoisotopic (exact) mass is 403 g/mol. The van der Waals surface area contributed by atoms with E-state index in [0.29, 0.717) is 11.4 Å². The zero-order valence-corrected chi connectivity index (χ0v) is 16.9. The molecule has 0 aliphatic rings. The molecule has 0 spiro atoms. The van der Waals surface area contributed by atoms with Crippen molar-refractivity contribution in [1.82, 2.24) is 30.0 Å². The van der Waals surface area contributed by atoms with Gasteiger partial charge >= 0.3 is 0 Å². The molecule has 0 aliphatic heterocycles. The summed E-state index contributed by atoms with van der Waals surface area (Å²) in [5.41, 5.74) is 4.07. The largest absolute Gasteiger partial charge is 0.494 e. The number of carbonyl (C=O) groups is 1. The maximum Gasteiger partial charge on any atom is 0.253 e. The van der Waals surface area contributed by atoms with Gasteiger partial charge in [-0.3, -0.25) is 4.79 Å². The van der Waals surface area contributed by atoms with Gasteiger partial charge in [0.1, 0.15) is 17.8 Å². The first-order valence-corrected chi connectivity index (χ1v) is 9.37. The number of hydrogen-bond donors (Lipinski definition) is 1. The molecule has 4 rings (SSSR count). The number of rotatable bonds is 6. The average Bonchev–Trinajstić information content (AvgIpc) is 3.38. The van der Waals surface area contributed by atoms with Crippen molar-refractivity contribution in [2.75, 3.05) is 12.4 Å². The lowest BCUT2D eigenvalue weighted by molar-refractivity contribution is -0.118. The van der Waals surface area contributed by atoms with E-state index in [1.807, 2.05) is 67.1 Å². The summed E-state index contributed by atoms with van der Waals surface area (Å²) in [7, 11) is 1.59. The summed E-state index contributed by atoms with van der Waals surface area (Å²) >= 11 is 0. The molecular weight excluding hydrogens is 382 g/mol. The van der Waals surface area contributed by atoms with Crippen LogP contribution >= 0.6 is 0 Å². The van der Waals surface area contributed by atoms with Crippen molar-refractivity contribution in [1.29, 1.82) is 0 Å². The molecular formula is C21H21N7O2. The maximum atomic E-state index is 13.1. The molecule has 1 atom stereocenters. The Balaban J connectivity index is 1.64. The van der Waals surface area contributed by atoms with Gasteiger partial charge in [0.2, 0.25) is 0 Å². The molecule has 0 unspecified atom stereocenters. The molecule has 30 heavy (non-hydrogen) atoms. The third kappa shape index (κ3) is 3.77. The number of carbonyl (C=O) groups excluding carboxylic acids is 1. The summed E-state index contributed by atoms with van der Waals surface area (Å²) in [6, 6.07) is 16.1. The first-order valence-electron chi connectivity index (χ1n) is 9.37. The second-order valence-corrected chi connectivity index (χ2v) is 6.82. The minimum atomic E-state index is -0.706. The normalized spacial score (nSPS) is 11.8. The topological polar surface area (TPSA) is 99.7 Å². The summed E-state index contributed by atoms with van der Waals surface area (Å²) < 4.78 is 8.79. The minimum Gasteiger partial charge on any atom is -0.494 e. The Bertz CT molecular complexity index is 1150. The molecule has 1 amide bonds. The van der Waals surface area contributed by atoms with Crippen LogP contribution in [0.4, 0.5) is 5.69 Å². The number of methoxy groups -OCH3 is 1. The number of ether oxygens (including phenoxy) is 1. The van der Waals surface area contributed by atoms with Gasteiger partial charge in [-0.05, 0) is 48.0 Å². The quantitative estimate of drug-likeness (QED) is 0.531. The third-order valence-corrected chi connectivity index (χ3v) is 4.68. The molecule has 0 radical (unpaired) electrons. The van der Waals surface area contributed by atoms with E-state index >= 15 is 0 Å². The Hall–Kier alpha value is -4.01. The Morgan fingerprint density at radius 1 is 1.10 bits per heavy atom. The van der Waals surface area contributed by atoms with E-state index in [4.69, 9.17) is 4.74 Å². The smallest absolute Gasteiger partial charge is 0.253 e. The van der Waals surface area contributed by atoms with E-state index < -0.39 is 6.04 Å². The first kappa shape index (κ1) is 19.3. The molecule has 4 aromatic rings. The maximum absolute atomic E-state index is 13.1. The number of aryl methyl sites for hydroxylation is 2. The van der Waals surface area contributed by atoms with Crippen LogP contribution in [0.2, 0.25) is 0 Å². The van der Waals surface area contributed by atoms with E-state index in [1.165, 1.54) is 11.0 Å². The van der Waals surface area contributed by atoms with E-state index in [0.717, 1.165) is 22.6 Å². The molecule has 2 aromatic heterocycles. The van der Waals surface area contributed by atoms with Crippen molar-refractivity contribution in [3.63, 3.8) is 0 Å². The van der Waals surface area contributed by atoms with Gasteiger partial charge in [0.25, 0.3) is 5.91 Å². The van der Waals surface area contributed by atoms with Crippen molar-refractivity contribution in [3.8, 4) is 11.4 Å². The van der Waals surface area contributed by atoms with Crippen LogP contribution in [0.1, 0.15) is 23.0 Å². The van der Waals surface area contributed by atoms with E-state index in [9.17, 15) is 4.79 Å². The molecule has 0 saturated heterocycles. The van der Waals surface area contributed by atoms with Gasteiger partial charge in [0.15, 0.2) is 6.04 Å². The minimum absolute atomic E-state index is 0.269. The van der Waals surface area contributed by atoms with Crippen LogP contribution in [0.25, 0.3) is 5.69 Å². The van der Waals surface area contributed by atoms with Crippen LogP contribution < -0.4 is 10.1 Å². The molecule has 2 heterocycles. The zero-order valence-electron chi connectivity index (χ0n) is 16.9. The molecule has 152 valence electrons. The van der Waals surface area contributed by atoms with Crippen LogP contribution in [-0.2, 0) is 4.79 Å². The number of aromatic nitrogens is 6. The molecule has 9 nitrogen and oxygen atoms in total. The number of tetrazole rings is 1. The van der Waals surface area contributed by atoms with Gasteiger partial charge in [-0.25, -0.2) is 9.36 Å². The lowest BCUT2D eigenvalue weighted by Crippen LogP contribution is -2.27. The molecule has 0 aliphatic carbocycles. The van der Waals surface area contributed by atoms with Gasteiger partial charge in [-0.15, -0.1) is 5.10 Å². The molecule has 0 saturated carbocycles. The highest BCUT2D eigenvalue weighted by atomic mass is 16.5. The molecule has 1 N–H and O–H groups in total. The third-order valence-electron chi connectivity index (χ3n) is 4.68. The highest BCUT2D eigenvalue weighted by Gasteiger charge is 2.24. The molecule has 0 bridgehead atoms. The highest BCUT2D eigenvalue weighted by Crippen LogP contribution is 2.28. The fraction of sp³-hybridized carbons (Fsp3) is 0.190. The molecule has 9 heteroatoms. The number of anilines is 1. The number of nitrogens with zero attached hydrogens (tertiary/aromatic N) is 6. The fourth-order valence-corrected chi connectivity index (χ4v) is 3.36. The van der Waals surface area contributed by atoms with Crippen LogP contribution in [0.15, 0.2) is 60.9 Å². The number of benzene rings is 2. The van der Waals surface area contributed by atoms with Crippen molar-refractivity contribution in [2.45, 2.75) is 19.9 Å². The van der Waals surface area contributed by atoms with Crippen LogP contribution in [0.3, 0.4) is 0 Å². The summed E-state index contributed by atoms with van der Waals surface area (Å²) in [5, 5.41) is 18.7. The molecule has 0 fully saturated rings. The summed E-state index contributed by atoms with van der Waals surface area (Å²) in [6.45, 7) is 3.92. The SMILES string of the molecule is COc1cc(NC(=O)[C@H](c2ccccc2)n2cnnn2)ccc1-n1nc(C)cc1C. The summed E-state index contributed by atoms with van der Waals surface area (Å²) in [4.78, 5) is 13.1. The Morgan fingerprint density at radius 3 is 2.53 bits per heavy atom. The Kier molecular flexibility index (Phi) is 5.25. The van der Waals surface area contributed by atoms with E-state index in [-0.39, 0.29) is 5.91 Å². The second kappa shape index (κ2) is 8.16. The number of hydrogen-bond acceptors (Lipinski definition) is 6. The second-order valence-electron chi connectivity index (χ2n) is 6.82. The Morgan fingerprint density at radius 2 is 1.90 bits per heavy atom. The van der Waals surface area contributed by atoms with Gasteiger partial charge in [-0.1, -0.05) is 30.3 Å². The predicted molar refractivity (Wildman–Crippen MR) is 111 cm³/mol. The summed E-state index contributed by atoms with van der Waals surface area (Å²) in [5.74, 6) is 0.326. The number of amides is 1. The Labute approximate surface area is 173 Å². The van der Waals surface area contributed by atoms with Gasteiger partial charge < -0.3 is 10.1 Å². The lowest BCUT2D eigenvalue weighted by atomic mass is 10.1. The molecule has 2 aromatic carbocycles. The van der Waals surface area contributed by atoms with Crippen molar-refractivity contribution < 1.29 is 9.53 Å². The van der Waals surface area contributed by atoms with Crippen LogP contribution in [-0.4, -0.2) is 43.0 Å². The van der Waals surface area contributed by atoms with Crippen molar-refractivity contribution >= 4 is 11.6 Å². The highest BCUT2D eigenvalue weighted by molar-refractivity contribution is 5.96. The van der Waals surface area contributed by atoms with Gasteiger partial charge in [0, 0.05) is 17.4 Å². The average molecular weight is 403 g/mol. The first-order chi connectivity index (χ1) is 14.6. The standard InChI is InChI=1S/C21H21N7O2/c1-14-11-15(2)28(24-14)18-10-9-17(12-19(18)30-3)23-21(29)20(27-13-22-25-26-27)16-7-5-4-6-8-16/h4-13,20H,1-3H3,(H,23,29)/t20-/m0/s1. The van der Waals surface area contributed by atoms with Gasteiger partial charge in [-0.2, -0.15) is 5.10 Å². The van der Waals surface area contributed by atoms with Crippen LogP contribution in [0, 0.1) is 13.8 Å².